The lowest BCUT2D eigenvalue weighted by molar-refractivity contribution is 0.0281. The summed E-state index contributed by atoms with van der Waals surface area (Å²) in [6.45, 7) is -1.56. The maximum atomic E-state index is 13.7. The Bertz CT molecular complexity index is 621. The molecule has 1 aromatic rings. The van der Waals surface area contributed by atoms with Gasteiger partial charge in [0.05, 0.1) is 14.3 Å². The average molecular weight is 760 g/mol. The Labute approximate surface area is 166 Å². The van der Waals surface area contributed by atoms with Crippen molar-refractivity contribution in [3.63, 3.8) is 0 Å². The second-order valence-electron chi connectivity index (χ2n) is 3.30. The molecule has 0 radical (unpaired) electrons. The molecule has 114 valence electrons. The normalized spacial score (nSPS) is 12.6. The summed E-state index contributed by atoms with van der Waals surface area (Å²) in [5.41, 5.74) is 0. The number of alkyl halides is 2. The van der Waals surface area contributed by atoms with E-state index in [1.807, 2.05) is 0 Å². The van der Waals surface area contributed by atoms with E-state index in [2.05, 4.69) is 0 Å². The second-order valence-corrected chi connectivity index (χ2v) is 9.16. The molecule has 20 heavy (non-hydrogen) atoms. The van der Waals surface area contributed by atoms with Crippen LogP contribution in [0.2, 0.25) is 0 Å². The minimum atomic E-state index is -5.57. The van der Waals surface area contributed by atoms with Gasteiger partial charge in [-0.05, 0) is 90.4 Å². The van der Waals surface area contributed by atoms with E-state index in [0.717, 1.165) is 0 Å². The minimum Gasteiger partial charge on any atom is -0.484 e. The van der Waals surface area contributed by atoms with E-state index in [9.17, 15) is 21.6 Å². The first-order chi connectivity index (χ1) is 8.90. The van der Waals surface area contributed by atoms with Crippen molar-refractivity contribution in [1.29, 1.82) is 0 Å². The van der Waals surface area contributed by atoms with Crippen molar-refractivity contribution in [3.8, 4) is 5.75 Å². The van der Waals surface area contributed by atoms with Crippen molar-refractivity contribution in [1.82, 2.24) is 0 Å². The van der Waals surface area contributed by atoms with Gasteiger partial charge in [-0.1, -0.05) is 0 Å². The standard InChI is InChI=1S/C8H3F3I4O4S/c9-2-3(12)5(14)7(6(15)4(2)13)19-1-8(10,11)20(16,17)18/h1H2,(H,16,17,18). The van der Waals surface area contributed by atoms with Gasteiger partial charge in [0.25, 0.3) is 0 Å². The maximum Gasteiger partial charge on any atom is 0.402 e. The number of halogens is 7. The lowest BCUT2D eigenvalue weighted by Gasteiger charge is -2.17. The van der Waals surface area contributed by atoms with Crippen LogP contribution in [0.5, 0.6) is 5.75 Å². The van der Waals surface area contributed by atoms with E-state index in [1.165, 1.54) is 0 Å². The molecule has 0 aliphatic carbocycles. The fourth-order valence-corrected chi connectivity index (χ4v) is 4.54. The van der Waals surface area contributed by atoms with Crippen LogP contribution in [0, 0.1) is 20.1 Å². The van der Waals surface area contributed by atoms with E-state index in [1.54, 1.807) is 90.4 Å². The first-order valence-electron chi connectivity index (χ1n) is 4.39. The molecule has 0 aromatic heterocycles. The molecule has 0 atom stereocenters. The SMILES string of the molecule is O=S(=O)(O)C(F)(F)COc1c(I)c(I)c(F)c(I)c1I. The lowest BCUT2D eigenvalue weighted by Crippen LogP contribution is -2.35. The molecule has 1 aromatic carbocycles. The van der Waals surface area contributed by atoms with Crippen LogP contribution < -0.4 is 4.74 Å². The Morgan fingerprint density at radius 2 is 1.45 bits per heavy atom. The summed E-state index contributed by atoms with van der Waals surface area (Å²) < 4.78 is 75.0. The van der Waals surface area contributed by atoms with Gasteiger partial charge < -0.3 is 4.74 Å². The Kier molecular flexibility index (Phi) is 6.92. The highest BCUT2D eigenvalue weighted by molar-refractivity contribution is 14.1. The van der Waals surface area contributed by atoms with Crippen molar-refractivity contribution in [3.05, 3.63) is 20.1 Å². The lowest BCUT2D eigenvalue weighted by atomic mass is 10.3. The zero-order valence-corrected chi connectivity index (χ0v) is 18.4. The fraction of sp³-hybridized carbons (Fsp3) is 0.250. The second kappa shape index (κ2) is 7.04. The summed E-state index contributed by atoms with van der Waals surface area (Å²) in [5, 5.41) is -4.44. The third kappa shape index (κ3) is 4.13. The molecule has 12 heteroatoms. The summed E-state index contributed by atoms with van der Waals surface area (Å²) in [4.78, 5) is 0. The van der Waals surface area contributed by atoms with Gasteiger partial charge in [-0.2, -0.15) is 17.2 Å². The van der Waals surface area contributed by atoms with Crippen molar-refractivity contribution in [2.24, 2.45) is 0 Å². The van der Waals surface area contributed by atoms with E-state index in [0.29, 0.717) is 0 Å². The molecule has 1 N–H and O–H groups in total. The van der Waals surface area contributed by atoms with Crippen LogP contribution in [0.25, 0.3) is 0 Å². The zero-order chi connectivity index (χ0) is 15.9. The highest BCUT2D eigenvalue weighted by Gasteiger charge is 2.45. The summed E-state index contributed by atoms with van der Waals surface area (Å²) in [7, 11) is -5.57. The summed E-state index contributed by atoms with van der Waals surface area (Å²) >= 11 is 6.79. The van der Waals surface area contributed by atoms with Gasteiger partial charge in [-0.3, -0.25) is 4.55 Å². The smallest absolute Gasteiger partial charge is 0.402 e. The molecule has 0 amide bonds. The Morgan fingerprint density at radius 1 is 1.05 bits per heavy atom. The fourth-order valence-electron chi connectivity index (χ4n) is 0.942. The predicted molar refractivity (Wildman–Crippen MR) is 99.3 cm³/mol. The van der Waals surface area contributed by atoms with Gasteiger partial charge in [0.15, 0.2) is 12.4 Å². The van der Waals surface area contributed by atoms with Crippen LogP contribution in [-0.4, -0.2) is 24.8 Å². The Balaban J connectivity index is 3.19. The van der Waals surface area contributed by atoms with Crippen molar-refractivity contribution in [2.75, 3.05) is 6.61 Å². The molecule has 0 bridgehead atoms. The number of rotatable bonds is 4. The highest BCUT2D eigenvalue weighted by Crippen LogP contribution is 2.37. The molecule has 0 saturated heterocycles. The first kappa shape index (κ1) is 19.7. The molecule has 0 saturated carbocycles. The molecule has 0 fully saturated rings. The van der Waals surface area contributed by atoms with Gasteiger partial charge in [-0.15, -0.1) is 0 Å². The maximum absolute atomic E-state index is 13.7. The van der Waals surface area contributed by atoms with Gasteiger partial charge in [0, 0.05) is 0 Å². The molecule has 1 rings (SSSR count). The van der Waals surface area contributed by atoms with E-state index in [-0.39, 0.29) is 20.0 Å². The van der Waals surface area contributed by atoms with Crippen LogP contribution in [-0.2, 0) is 10.1 Å². The van der Waals surface area contributed by atoms with E-state index in [4.69, 9.17) is 9.29 Å². The van der Waals surface area contributed by atoms with Crippen LogP contribution in [0.15, 0.2) is 0 Å². The van der Waals surface area contributed by atoms with Gasteiger partial charge in [-0.25, -0.2) is 4.39 Å². The molecule has 0 aliphatic heterocycles. The molecule has 4 nitrogen and oxygen atoms in total. The monoisotopic (exact) mass is 760 g/mol. The summed E-state index contributed by atoms with van der Waals surface area (Å²) in [6, 6.07) is 0. The van der Waals surface area contributed by atoms with E-state index >= 15 is 0 Å². The molecule has 0 spiro atoms. The minimum absolute atomic E-state index is 0.0512. The number of benzene rings is 1. The molecule has 0 aliphatic rings. The molecular formula is C8H3F3I4O4S. The van der Waals surface area contributed by atoms with Crippen molar-refractivity contribution in [2.45, 2.75) is 5.25 Å². The predicted octanol–water partition coefficient (Wildman–Crippen LogP) is 4.10. The number of ether oxygens (including phenoxy) is 1. The Hall–Kier alpha value is 1.64. The van der Waals surface area contributed by atoms with Gasteiger partial charge in [0.1, 0.15) is 5.75 Å². The van der Waals surface area contributed by atoms with E-state index < -0.39 is 27.8 Å². The van der Waals surface area contributed by atoms with Crippen molar-refractivity contribution < 1.29 is 30.9 Å². The largest absolute Gasteiger partial charge is 0.484 e. The van der Waals surface area contributed by atoms with Crippen LogP contribution >= 0.6 is 90.4 Å². The summed E-state index contributed by atoms with van der Waals surface area (Å²) in [5.74, 6) is -0.557. The highest BCUT2D eigenvalue weighted by atomic mass is 127. The van der Waals surface area contributed by atoms with Crippen LogP contribution in [0.3, 0.4) is 0 Å². The number of hydrogen-bond acceptors (Lipinski definition) is 3. The van der Waals surface area contributed by atoms with Gasteiger partial charge in [0.2, 0.25) is 0 Å². The third-order valence-electron chi connectivity index (χ3n) is 1.93. The van der Waals surface area contributed by atoms with Crippen LogP contribution in [0.1, 0.15) is 0 Å². The van der Waals surface area contributed by atoms with Crippen LogP contribution in [0.4, 0.5) is 13.2 Å². The average Bonchev–Trinajstić information content (AvgIpc) is 2.32. The van der Waals surface area contributed by atoms with Gasteiger partial charge >= 0.3 is 15.4 Å². The summed E-state index contributed by atoms with van der Waals surface area (Å²) in [6.07, 6.45) is 0. The Morgan fingerprint density at radius 3 is 1.80 bits per heavy atom. The molecule has 0 unspecified atom stereocenters. The molecular weight excluding hydrogens is 757 g/mol. The number of hydrogen-bond donors (Lipinski definition) is 1. The molecule has 0 heterocycles. The van der Waals surface area contributed by atoms with Crippen molar-refractivity contribution >= 4 is 100 Å². The topological polar surface area (TPSA) is 63.6 Å². The quantitative estimate of drug-likeness (QED) is 0.218. The first-order valence-corrected chi connectivity index (χ1v) is 10.1. The third-order valence-corrected chi connectivity index (χ3v) is 8.95. The zero-order valence-electron chi connectivity index (χ0n) is 8.93.